The third-order valence-corrected chi connectivity index (χ3v) is 6.08. The summed E-state index contributed by atoms with van der Waals surface area (Å²) in [7, 11) is 1.75. The molecule has 1 saturated heterocycles. The fourth-order valence-electron chi connectivity index (χ4n) is 4.14. The summed E-state index contributed by atoms with van der Waals surface area (Å²) in [6.45, 7) is 3.86. The largest absolute Gasteiger partial charge is 0.372 e. The average Bonchev–Trinajstić information content (AvgIpc) is 3.06. The van der Waals surface area contributed by atoms with Gasteiger partial charge in [0.25, 0.3) is 11.5 Å². The van der Waals surface area contributed by atoms with Gasteiger partial charge in [0.1, 0.15) is 17.3 Å². The number of piperidine rings is 1. The van der Waals surface area contributed by atoms with Crippen LogP contribution in [0.25, 0.3) is 11.8 Å². The molecule has 1 aliphatic heterocycles. The lowest BCUT2D eigenvalue weighted by molar-refractivity contribution is -0.112. The maximum Gasteiger partial charge on any atom is 0.295 e. The first kappa shape index (κ1) is 22.2. The molecule has 7 nitrogen and oxygen atoms in total. The Morgan fingerprint density at radius 2 is 1.67 bits per heavy atom. The third kappa shape index (κ3) is 4.60. The van der Waals surface area contributed by atoms with Gasteiger partial charge in [-0.1, -0.05) is 30.3 Å². The molecule has 2 heterocycles. The Kier molecular flexibility index (Phi) is 6.45. The van der Waals surface area contributed by atoms with Crippen LogP contribution in [-0.2, 0) is 11.8 Å². The second-order valence-corrected chi connectivity index (χ2v) is 8.20. The number of rotatable bonds is 5. The van der Waals surface area contributed by atoms with E-state index in [9.17, 15) is 14.9 Å². The minimum atomic E-state index is -0.608. The fourth-order valence-corrected chi connectivity index (χ4v) is 4.14. The number of hydrogen-bond donors (Lipinski definition) is 1. The van der Waals surface area contributed by atoms with Gasteiger partial charge in [-0.2, -0.15) is 5.26 Å². The van der Waals surface area contributed by atoms with Gasteiger partial charge in [-0.05, 0) is 62.1 Å². The van der Waals surface area contributed by atoms with E-state index in [4.69, 9.17) is 0 Å². The van der Waals surface area contributed by atoms with Gasteiger partial charge in [0, 0.05) is 25.8 Å². The van der Waals surface area contributed by atoms with E-state index in [-0.39, 0.29) is 16.8 Å². The molecule has 0 atom stereocenters. The van der Waals surface area contributed by atoms with Crippen LogP contribution in [0.1, 0.15) is 30.5 Å². The zero-order chi connectivity index (χ0) is 23.4. The SMILES string of the molecule is Cc1c(NC(=O)/C(C#N)=C\c2ccc(N3CCCCC3)cc2)c(=O)n(-c2ccccc2)n1C. The molecule has 1 aromatic heterocycles. The first-order valence-electron chi connectivity index (χ1n) is 11.1. The molecule has 2 aromatic carbocycles. The van der Waals surface area contributed by atoms with E-state index in [1.807, 2.05) is 60.7 Å². The number of hydrogen-bond acceptors (Lipinski definition) is 4. The maximum atomic E-state index is 13.0. The molecule has 0 aliphatic carbocycles. The normalized spacial score (nSPS) is 14.1. The van der Waals surface area contributed by atoms with Crippen molar-refractivity contribution >= 4 is 23.4 Å². The Morgan fingerprint density at radius 1 is 1.00 bits per heavy atom. The van der Waals surface area contributed by atoms with E-state index in [0.29, 0.717) is 11.4 Å². The summed E-state index contributed by atoms with van der Waals surface area (Å²) in [6, 6.07) is 19.0. The zero-order valence-corrected chi connectivity index (χ0v) is 18.9. The lowest BCUT2D eigenvalue weighted by atomic mass is 10.1. The summed E-state index contributed by atoms with van der Waals surface area (Å²) in [4.78, 5) is 28.2. The van der Waals surface area contributed by atoms with Gasteiger partial charge < -0.3 is 10.2 Å². The second-order valence-electron chi connectivity index (χ2n) is 8.20. The van der Waals surface area contributed by atoms with Crippen molar-refractivity contribution in [2.75, 3.05) is 23.3 Å². The highest BCUT2D eigenvalue weighted by molar-refractivity contribution is 6.09. The van der Waals surface area contributed by atoms with Crippen molar-refractivity contribution < 1.29 is 4.79 Å². The van der Waals surface area contributed by atoms with Crippen LogP contribution in [-0.4, -0.2) is 28.4 Å². The Labute approximate surface area is 193 Å². The number of nitrogens with one attached hydrogen (secondary N) is 1. The molecule has 33 heavy (non-hydrogen) atoms. The van der Waals surface area contributed by atoms with Gasteiger partial charge in [0.2, 0.25) is 0 Å². The van der Waals surface area contributed by atoms with Crippen LogP contribution in [0.3, 0.4) is 0 Å². The van der Waals surface area contributed by atoms with Crippen LogP contribution < -0.4 is 15.8 Å². The van der Waals surface area contributed by atoms with Gasteiger partial charge in [-0.3, -0.25) is 14.3 Å². The fraction of sp³-hybridized carbons (Fsp3) is 0.269. The topological polar surface area (TPSA) is 83.1 Å². The summed E-state index contributed by atoms with van der Waals surface area (Å²) >= 11 is 0. The molecule has 0 bridgehead atoms. The molecule has 3 aromatic rings. The van der Waals surface area contributed by atoms with Crippen LogP contribution in [0.2, 0.25) is 0 Å². The molecule has 0 spiro atoms. The van der Waals surface area contributed by atoms with E-state index < -0.39 is 5.91 Å². The van der Waals surface area contributed by atoms with E-state index in [1.54, 1.807) is 24.7 Å². The molecular weight excluding hydrogens is 414 g/mol. The standard InChI is InChI=1S/C26H27N5O2/c1-19-24(26(33)31(29(19)2)23-9-5-3-6-10-23)28-25(32)21(18-27)17-20-11-13-22(14-12-20)30-15-7-4-8-16-30/h3,5-6,9-14,17H,4,7-8,15-16H2,1-2H3,(H,28,32)/b21-17-. The summed E-state index contributed by atoms with van der Waals surface area (Å²) in [6.07, 6.45) is 5.22. The summed E-state index contributed by atoms with van der Waals surface area (Å²) in [5, 5.41) is 12.2. The van der Waals surface area contributed by atoms with Crippen LogP contribution in [0.5, 0.6) is 0 Å². The monoisotopic (exact) mass is 441 g/mol. The molecule has 7 heteroatoms. The molecule has 168 valence electrons. The quantitative estimate of drug-likeness (QED) is 0.479. The molecule has 0 saturated carbocycles. The summed E-state index contributed by atoms with van der Waals surface area (Å²) in [5.74, 6) is -0.608. The number of carbonyl (C=O) groups excluding carboxylic acids is 1. The minimum Gasteiger partial charge on any atom is -0.372 e. The van der Waals surface area contributed by atoms with Crippen LogP contribution in [0.15, 0.2) is 65.0 Å². The van der Waals surface area contributed by atoms with Crippen molar-refractivity contribution in [1.29, 1.82) is 5.26 Å². The first-order chi connectivity index (χ1) is 16.0. The number of aromatic nitrogens is 2. The number of para-hydroxylation sites is 1. The maximum absolute atomic E-state index is 13.0. The second kappa shape index (κ2) is 9.61. The number of anilines is 2. The molecule has 1 fully saturated rings. The predicted octanol–water partition coefficient (Wildman–Crippen LogP) is 4.02. The zero-order valence-electron chi connectivity index (χ0n) is 18.9. The Hall–Kier alpha value is -4.05. The van der Waals surface area contributed by atoms with Crippen molar-refractivity contribution in [2.24, 2.45) is 7.05 Å². The highest BCUT2D eigenvalue weighted by Gasteiger charge is 2.20. The molecule has 0 radical (unpaired) electrons. The Balaban J connectivity index is 1.56. The molecule has 1 aliphatic rings. The van der Waals surface area contributed by atoms with Gasteiger partial charge in [0.15, 0.2) is 0 Å². The lowest BCUT2D eigenvalue weighted by Gasteiger charge is -2.28. The molecule has 0 unspecified atom stereocenters. The van der Waals surface area contributed by atoms with Gasteiger partial charge >= 0.3 is 0 Å². The van der Waals surface area contributed by atoms with Crippen LogP contribution in [0, 0.1) is 18.3 Å². The molecule has 4 rings (SSSR count). The number of nitrogens with zero attached hydrogens (tertiary/aromatic N) is 4. The van der Waals surface area contributed by atoms with E-state index in [2.05, 4.69) is 10.2 Å². The lowest BCUT2D eigenvalue weighted by Crippen LogP contribution is -2.29. The highest BCUT2D eigenvalue weighted by atomic mass is 16.2. The van der Waals surface area contributed by atoms with Crippen molar-refractivity contribution in [2.45, 2.75) is 26.2 Å². The smallest absolute Gasteiger partial charge is 0.295 e. The first-order valence-corrected chi connectivity index (χ1v) is 11.1. The average molecular weight is 442 g/mol. The van der Waals surface area contributed by atoms with E-state index in [1.165, 1.54) is 23.9 Å². The third-order valence-electron chi connectivity index (χ3n) is 6.08. The Bertz CT molecular complexity index is 1270. The van der Waals surface area contributed by atoms with Gasteiger partial charge in [-0.15, -0.1) is 0 Å². The highest BCUT2D eigenvalue weighted by Crippen LogP contribution is 2.21. The van der Waals surface area contributed by atoms with Crippen molar-refractivity contribution in [3.63, 3.8) is 0 Å². The molecule has 1 amide bonds. The Morgan fingerprint density at radius 3 is 2.30 bits per heavy atom. The van der Waals surface area contributed by atoms with Gasteiger partial charge in [0.05, 0.1) is 11.4 Å². The number of carbonyl (C=O) groups is 1. The summed E-state index contributed by atoms with van der Waals surface area (Å²) in [5.41, 5.74) is 2.95. The van der Waals surface area contributed by atoms with Crippen molar-refractivity contribution in [3.05, 3.63) is 81.8 Å². The van der Waals surface area contributed by atoms with Crippen LogP contribution >= 0.6 is 0 Å². The number of benzene rings is 2. The number of nitriles is 1. The number of amides is 1. The molecule has 1 N–H and O–H groups in total. The van der Waals surface area contributed by atoms with Crippen LogP contribution in [0.4, 0.5) is 11.4 Å². The summed E-state index contributed by atoms with van der Waals surface area (Å²) < 4.78 is 3.17. The van der Waals surface area contributed by atoms with Crippen molar-refractivity contribution in [1.82, 2.24) is 9.36 Å². The van der Waals surface area contributed by atoms with E-state index >= 15 is 0 Å². The minimum absolute atomic E-state index is 0.0605. The predicted molar refractivity (Wildman–Crippen MR) is 130 cm³/mol. The molecular formula is C26H27N5O2. The van der Waals surface area contributed by atoms with Gasteiger partial charge in [-0.25, -0.2) is 4.68 Å². The van der Waals surface area contributed by atoms with E-state index in [0.717, 1.165) is 24.3 Å². The van der Waals surface area contributed by atoms with Crippen molar-refractivity contribution in [3.8, 4) is 11.8 Å².